The minimum Gasteiger partial charge on any atom is -0.321 e. The van der Waals surface area contributed by atoms with Gasteiger partial charge >= 0.3 is 0 Å². The molecule has 4 heteroatoms. The fourth-order valence-electron chi connectivity index (χ4n) is 13.1. The lowest BCUT2D eigenvalue weighted by molar-refractivity contribution is 0.583. The van der Waals surface area contributed by atoms with E-state index >= 15 is 0 Å². The molecule has 4 unspecified atom stereocenters. The largest absolute Gasteiger partial charge is 0.321 e. The van der Waals surface area contributed by atoms with Gasteiger partial charge in [0.15, 0.2) is 0 Å². The van der Waals surface area contributed by atoms with Crippen LogP contribution in [0, 0.1) is 6.92 Å². The number of benzene rings is 8. The topological polar surface area (TPSA) is 6.48 Å². The molecular weight excluding hydrogens is 1020 g/mol. The minimum absolute atomic E-state index is 0.0314. The molecule has 0 N–H and O–H groups in total. The van der Waals surface area contributed by atoms with Crippen LogP contribution >= 0.6 is 31.9 Å². The van der Waals surface area contributed by atoms with Gasteiger partial charge in [-0.25, -0.2) is 0 Å². The molecule has 4 aliphatic carbocycles. The van der Waals surface area contributed by atoms with Crippen molar-refractivity contribution < 1.29 is 0 Å². The van der Waals surface area contributed by atoms with E-state index in [-0.39, 0.29) is 45.3 Å². The second-order valence-corrected chi connectivity index (χ2v) is 27.8. The monoisotopic (exact) mass is 1080 g/mol. The summed E-state index contributed by atoms with van der Waals surface area (Å²) in [4.78, 5) is 5.16. The number of nitrogens with zero attached hydrogens (tertiary/aromatic N) is 2. The van der Waals surface area contributed by atoms with Gasteiger partial charge < -0.3 is 9.80 Å². The summed E-state index contributed by atoms with van der Waals surface area (Å²) in [5.74, 6) is 0.601. The first-order valence-electron chi connectivity index (χ1n) is 26.7. The summed E-state index contributed by atoms with van der Waals surface area (Å²) in [6, 6.07) is 53.2. The van der Waals surface area contributed by atoms with E-state index in [2.05, 4.69) is 272 Å². The van der Waals surface area contributed by atoms with Crippen molar-refractivity contribution in [3.63, 3.8) is 0 Å². The molecule has 0 fully saturated rings. The molecule has 2 bridgehead atoms. The van der Waals surface area contributed by atoms with E-state index in [4.69, 9.17) is 0 Å². The van der Waals surface area contributed by atoms with Gasteiger partial charge in [0, 0.05) is 38.0 Å². The van der Waals surface area contributed by atoms with Crippen LogP contribution in [-0.4, -0.2) is 6.67 Å². The van der Waals surface area contributed by atoms with Crippen molar-refractivity contribution in [1.82, 2.24) is 0 Å². The van der Waals surface area contributed by atoms with Crippen LogP contribution in [0.5, 0.6) is 0 Å². The highest BCUT2D eigenvalue weighted by atomic mass is 79.9. The minimum atomic E-state index is 0.0314. The van der Waals surface area contributed by atoms with Gasteiger partial charge in [0.05, 0.1) is 22.7 Å². The van der Waals surface area contributed by atoms with Gasteiger partial charge in [-0.05, 0) is 191 Å². The average Bonchev–Trinajstić information content (AvgIpc) is 3.33. The zero-order valence-corrected chi connectivity index (χ0v) is 48.5. The molecule has 2 nitrogen and oxygen atoms in total. The van der Waals surface area contributed by atoms with E-state index in [9.17, 15) is 0 Å². The van der Waals surface area contributed by atoms with E-state index in [0.717, 1.165) is 8.95 Å². The van der Waals surface area contributed by atoms with Crippen molar-refractivity contribution in [3.05, 3.63) is 231 Å². The Kier molecular flexibility index (Phi) is 11.0. The molecule has 0 spiro atoms. The summed E-state index contributed by atoms with van der Waals surface area (Å²) in [6.07, 6.45) is 0. The molecule has 5 aliphatic rings. The molecule has 73 heavy (non-hydrogen) atoms. The van der Waals surface area contributed by atoms with Gasteiger partial charge in [-0.3, -0.25) is 0 Å². The highest BCUT2D eigenvalue weighted by molar-refractivity contribution is 9.11. The van der Waals surface area contributed by atoms with Crippen LogP contribution in [0.4, 0.5) is 22.7 Å². The molecule has 8 aromatic carbocycles. The number of aryl methyl sites for hydroxylation is 1. The van der Waals surface area contributed by atoms with E-state index in [1.807, 2.05) is 0 Å². The summed E-state index contributed by atoms with van der Waals surface area (Å²) in [5.41, 5.74) is 27.6. The predicted molar refractivity (Wildman–Crippen MR) is 317 cm³/mol. The van der Waals surface area contributed by atoms with Crippen molar-refractivity contribution in [2.24, 2.45) is 0 Å². The standard InChI is InChI=1S/C69H70Br2N2/c1-38-29-41(66(3,4)5)21-25-45(38)63-50-30-42(67(6,7)8)22-26-46(50)39(2)49-35-60(56(70)33-53(49)63)72-37-73(59-20-16-18-40-17-15-19-58(72)62(40)59)61-36-55-54(34-57(61)71)64-47-27-23-44(69(12,13)14)32-52(47)65(55)48-28-24-43(31-51(48)64)68(9,10)11/h15-36,39,63-65H,37H2,1-14H3. The highest BCUT2D eigenvalue weighted by Crippen LogP contribution is 2.60. The van der Waals surface area contributed by atoms with Gasteiger partial charge in [0.25, 0.3) is 0 Å². The Hall–Kier alpha value is -5.42. The molecule has 4 atom stereocenters. The number of fused-ring (bicyclic) bond motifs is 2. The lowest BCUT2D eigenvalue weighted by atomic mass is 9.60. The summed E-state index contributed by atoms with van der Waals surface area (Å²) in [6.45, 7) is 33.4. The van der Waals surface area contributed by atoms with Gasteiger partial charge in [0.1, 0.15) is 6.67 Å². The normalized spacial score (nSPS) is 18.8. The summed E-state index contributed by atoms with van der Waals surface area (Å²) < 4.78 is 2.23. The predicted octanol–water partition coefficient (Wildman–Crippen LogP) is 19.7. The third-order valence-electron chi connectivity index (χ3n) is 17.3. The number of hydrogen-bond donors (Lipinski definition) is 0. The fourth-order valence-corrected chi connectivity index (χ4v) is 14.3. The second kappa shape index (κ2) is 16.5. The van der Waals surface area contributed by atoms with Crippen molar-refractivity contribution in [3.8, 4) is 0 Å². The first-order valence-corrected chi connectivity index (χ1v) is 28.2. The Morgan fingerprint density at radius 1 is 0.370 bits per heavy atom. The Morgan fingerprint density at radius 3 is 1.18 bits per heavy atom. The van der Waals surface area contributed by atoms with Gasteiger partial charge in [-0.1, -0.05) is 187 Å². The van der Waals surface area contributed by atoms with E-state index in [0.29, 0.717) is 6.67 Å². The fraction of sp³-hybridized carbons (Fsp3) is 0.333. The van der Waals surface area contributed by atoms with Crippen LogP contribution in [0.2, 0.25) is 0 Å². The van der Waals surface area contributed by atoms with E-state index in [1.165, 1.54) is 123 Å². The molecular formula is C69H70Br2N2. The van der Waals surface area contributed by atoms with Crippen molar-refractivity contribution >= 4 is 65.4 Å². The number of halogens is 2. The molecule has 0 aromatic heterocycles. The zero-order chi connectivity index (χ0) is 51.6. The van der Waals surface area contributed by atoms with Crippen LogP contribution in [0.1, 0.15) is 203 Å². The maximum atomic E-state index is 4.32. The lowest BCUT2D eigenvalue weighted by Crippen LogP contribution is -2.37. The van der Waals surface area contributed by atoms with Crippen LogP contribution in [0.15, 0.2) is 142 Å². The van der Waals surface area contributed by atoms with Crippen LogP contribution in [-0.2, 0) is 21.7 Å². The quantitative estimate of drug-likeness (QED) is 0.174. The maximum Gasteiger partial charge on any atom is 0.100 e. The summed E-state index contributed by atoms with van der Waals surface area (Å²) in [5, 5.41) is 2.51. The third kappa shape index (κ3) is 7.65. The molecule has 0 amide bonds. The van der Waals surface area contributed by atoms with Gasteiger partial charge in [0.2, 0.25) is 0 Å². The van der Waals surface area contributed by atoms with E-state index < -0.39 is 0 Å². The Labute approximate surface area is 452 Å². The molecule has 8 aromatic rings. The molecule has 1 aliphatic heterocycles. The van der Waals surface area contributed by atoms with Crippen molar-refractivity contribution in [1.29, 1.82) is 0 Å². The lowest BCUT2D eigenvalue weighted by Gasteiger charge is -2.45. The van der Waals surface area contributed by atoms with Crippen LogP contribution < -0.4 is 9.80 Å². The van der Waals surface area contributed by atoms with Crippen LogP contribution in [0.25, 0.3) is 10.8 Å². The van der Waals surface area contributed by atoms with Crippen molar-refractivity contribution in [2.75, 3.05) is 16.5 Å². The smallest absolute Gasteiger partial charge is 0.100 e. The third-order valence-corrected chi connectivity index (χ3v) is 18.6. The van der Waals surface area contributed by atoms with E-state index in [1.54, 1.807) is 0 Å². The van der Waals surface area contributed by atoms with Gasteiger partial charge in [-0.15, -0.1) is 0 Å². The zero-order valence-electron chi connectivity index (χ0n) is 45.4. The Morgan fingerprint density at radius 2 is 0.726 bits per heavy atom. The molecule has 0 saturated carbocycles. The Balaban J connectivity index is 1.02. The van der Waals surface area contributed by atoms with Gasteiger partial charge in [-0.2, -0.15) is 0 Å². The highest BCUT2D eigenvalue weighted by Gasteiger charge is 2.44. The molecule has 13 rings (SSSR count). The maximum absolute atomic E-state index is 4.32. The molecule has 1 heterocycles. The second-order valence-electron chi connectivity index (χ2n) is 26.1. The number of rotatable bonds is 3. The van der Waals surface area contributed by atoms with Crippen LogP contribution in [0.3, 0.4) is 0 Å². The first-order chi connectivity index (χ1) is 34.4. The molecule has 0 saturated heterocycles. The Bertz CT molecular complexity index is 3620. The number of anilines is 4. The summed E-state index contributed by atoms with van der Waals surface area (Å²) >= 11 is 8.62. The van der Waals surface area contributed by atoms with Crippen molar-refractivity contribution in [2.45, 2.75) is 142 Å². The number of hydrogen-bond acceptors (Lipinski definition) is 2. The summed E-state index contributed by atoms with van der Waals surface area (Å²) in [7, 11) is 0. The SMILES string of the molecule is Cc1cc(C(C)(C)C)ccc1C1c2cc(C(C)(C)C)ccc2C(C)c2cc(N3CN(c4cc5c(cc4Br)C4c6ccc(C(C)(C)C)cc6C5c5ccc(C(C)(C)C)cc54)c4cccc5cccc3c45)c(Br)cc21. The first kappa shape index (κ1) is 48.5. The molecule has 0 radical (unpaired) electrons. The molecule has 370 valence electrons. The average molecular weight is 1090 g/mol.